The number of carbonyl (C=O) groups is 1. The van der Waals surface area contributed by atoms with E-state index in [4.69, 9.17) is 21.1 Å². The van der Waals surface area contributed by atoms with Gasteiger partial charge in [-0.05, 0) is 39.1 Å². The first-order valence-corrected chi connectivity index (χ1v) is 6.57. The summed E-state index contributed by atoms with van der Waals surface area (Å²) >= 11 is 10.3. The molecule has 4 nitrogen and oxygen atoms in total. The van der Waals surface area contributed by atoms with Crippen LogP contribution in [0.15, 0.2) is 17.1 Å². The van der Waals surface area contributed by atoms with Gasteiger partial charge in [0.1, 0.15) is 11.4 Å². The van der Waals surface area contributed by atoms with Crippen LogP contribution in [0, 0.1) is 5.82 Å². The van der Waals surface area contributed by atoms with Gasteiger partial charge in [-0.2, -0.15) is 4.99 Å². The van der Waals surface area contributed by atoms with E-state index < -0.39 is 17.9 Å². The van der Waals surface area contributed by atoms with Crippen LogP contribution >= 0.6 is 23.8 Å². The summed E-state index contributed by atoms with van der Waals surface area (Å²) in [5.74, 6) is -1.08. The van der Waals surface area contributed by atoms with Crippen molar-refractivity contribution in [3.8, 4) is 5.75 Å². The number of benzene rings is 1. The molecule has 0 fully saturated rings. The number of thiocarbonyl (C=S) groups is 1. The summed E-state index contributed by atoms with van der Waals surface area (Å²) < 4.78 is 23.8. The highest BCUT2D eigenvalue weighted by molar-refractivity contribution is 7.78. The van der Waals surface area contributed by atoms with Gasteiger partial charge < -0.3 is 9.47 Å². The molecule has 7 heteroatoms. The molecule has 0 bridgehead atoms. The Morgan fingerprint density at radius 3 is 2.65 bits per heavy atom. The maximum atomic E-state index is 13.5. The van der Waals surface area contributed by atoms with Gasteiger partial charge in [-0.3, -0.25) is 0 Å². The minimum absolute atomic E-state index is 0.0232. The van der Waals surface area contributed by atoms with E-state index in [0.717, 1.165) is 6.07 Å². The van der Waals surface area contributed by atoms with E-state index in [9.17, 15) is 9.18 Å². The van der Waals surface area contributed by atoms with E-state index in [1.54, 1.807) is 13.8 Å². The third-order valence-corrected chi connectivity index (χ3v) is 2.54. The zero-order valence-electron chi connectivity index (χ0n) is 11.1. The summed E-state index contributed by atoms with van der Waals surface area (Å²) in [6.07, 6.45) is -1.14. The Kier molecular flexibility index (Phi) is 6.07. The summed E-state index contributed by atoms with van der Waals surface area (Å²) in [5, 5.41) is 2.07. The lowest BCUT2D eigenvalue weighted by Crippen LogP contribution is -2.28. The van der Waals surface area contributed by atoms with Crippen molar-refractivity contribution in [2.75, 3.05) is 0 Å². The van der Waals surface area contributed by atoms with Gasteiger partial charge in [-0.25, -0.2) is 9.18 Å². The van der Waals surface area contributed by atoms with Gasteiger partial charge in [0.2, 0.25) is 0 Å². The zero-order valence-corrected chi connectivity index (χ0v) is 12.7. The van der Waals surface area contributed by atoms with Gasteiger partial charge in [0, 0.05) is 6.07 Å². The average Bonchev–Trinajstić information content (AvgIpc) is 2.34. The predicted molar refractivity (Wildman–Crippen MR) is 77.4 cm³/mol. The van der Waals surface area contributed by atoms with Crippen LogP contribution in [-0.2, 0) is 9.53 Å². The minimum Gasteiger partial charge on any atom is -0.477 e. The number of isothiocyanates is 1. The number of hydrogen-bond acceptors (Lipinski definition) is 5. The topological polar surface area (TPSA) is 47.9 Å². The second kappa shape index (κ2) is 7.33. The van der Waals surface area contributed by atoms with Gasteiger partial charge in [0.05, 0.1) is 16.3 Å². The number of esters is 1. The van der Waals surface area contributed by atoms with Crippen LogP contribution in [0.1, 0.15) is 20.8 Å². The molecule has 1 rings (SSSR count). The Balaban J connectivity index is 2.94. The molecule has 1 aromatic rings. The Labute approximate surface area is 126 Å². The largest absolute Gasteiger partial charge is 0.477 e. The molecule has 0 spiro atoms. The van der Waals surface area contributed by atoms with Crippen molar-refractivity contribution in [2.45, 2.75) is 33.0 Å². The van der Waals surface area contributed by atoms with Crippen molar-refractivity contribution in [3.05, 3.63) is 23.0 Å². The third-order valence-electron chi connectivity index (χ3n) is 2.15. The molecule has 108 valence electrons. The molecule has 0 N–H and O–H groups in total. The van der Waals surface area contributed by atoms with Crippen LogP contribution in [0.3, 0.4) is 0 Å². The highest BCUT2D eigenvalue weighted by Crippen LogP contribution is 2.32. The second-order valence-electron chi connectivity index (χ2n) is 4.18. The Hall–Kier alpha value is -1.49. The van der Waals surface area contributed by atoms with Crippen LogP contribution in [0.4, 0.5) is 10.1 Å². The highest BCUT2D eigenvalue weighted by atomic mass is 35.5. The molecule has 0 radical (unpaired) electrons. The number of hydrogen-bond donors (Lipinski definition) is 0. The number of carbonyl (C=O) groups excluding carboxylic acids is 1. The molecular formula is C13H13ClFNO3S. The van der Waals surface area contributed by atoms with Gasteiger partial charge >= 0.3 is 5.97 Å². The molecule has 0 aliphatic carbocycles. The number of halogens is 2. The standard InChI is InChI=1S/C13H13ClFNO3S/c1-7(2)18-13(17)8(3)19-12-5-11(16-6-20)10(15)4-9(12)14/h4-5,7-8H,1-3H3. The van der Waals surface area contributed by atoms with Crippen molar-refractivity contribution in [1.29, 1.82) is 0 Å². The normalized spacial score (nSPS) is 11.7. The molecule has 1 aromatic carbocycles. The molecule has 0 amide bonds. The average molecular weight is 318 g/mol. The quantitative estimate of drug-likeness (QED) is 0.469. The third kappa shape index (κ3) is 4.56. The number of aliphatic imine (C=N–C) groups is 1. The van der Waals surface area contributed by atoms with Crippen LogP contribution in [-0.4, -0.2) is 23.3 Å². The maximum Gasteiger partial charge on any atom is 0.347 e. The van der Waals surface area contributed by atoms with Crippen LogP contribution in [0.2, 0.25) is 5.02 Å². The van der Waals surface area contributed by atoms with Crippen LogP contribution in [0.25, 0.3) is 0 Å². The Morgan fingerprint density at radius 1 is 1.45 bits per heavy atom. The van der Waals surface area contributed by atoms with E-state index in [0.29, 0.717) is 0 Å². The number of nitrogens with zero attached hydrogens (tertiary/aromatic N) is 1. The van der Waals surface area contributed by atoms with Crippen LogP contribution < -0.4 is 4.74 Å². The second-order valence-corrected chi connectivity index (χ2v) is 4.77. The number of rotatable bonds is 5. The lowest BCUT2D eigenvalue weighted by Gasteiger charge is -2.16. The van der Waals surface area contributed by atoms with E-state index >= 15 is 0 Å². The summed E-state index contributed by atoms with van der Waals surface area (Å²) in [5.41, 5.74) is -0.0659. The lowest BCUT2D eigenvalue weighted by molar-refractivity contribution is -0.154. The fourth-order valence-electron chi connectivity index (χ4n) is 1.31. The summed E-state index contributed by atoms with van der Waals surface area (Å²) in [7, 11) is 0. The predicted octanol–water partition coefficient (Wildman–Crippen LogP) is 3.93. The monoisotopic (exact) mass is 317 g/mol. The molecule has 0 aliphatic rings. The number of ether oxygens (including phenoxy) is 2. The van der Waals surface area contributed by atoms with E-state index in [2.05, 4.69) is 22.4 Å². The summed E-state index contributed by atoms with van der Waals surface area (Å²) in [6, 6.07) is 2.28. The lowest BCUT2D eigenvalue weighted by atomic mass is 10.3. The van der Waals surface area contributed by atoms with E-state index in [1.165, 1.54) is 13.0 Å². The minimum atomic E-state index is -0.885. The summed E-state index contributed by atoms with van der Waals surface area (Å²) in [4.78, 5) is 15.2. The van der Waals surface area contributed by atoms with Gasteiger partial charge in [-0.1, -0.05) is 11.6 Å². The van der Waals surface area contributed by atoms with Gasteiger partial charge in [0.15, 0.2) is 11.9 Å². The first kappa shape index (κ1) is 16.6. The molecule has 0 saturated heterocycles. The Bertz CT molecular complexity index is 559. The van der Waals surface area contributed by atoms with Crippen molar-refractivity contribution in [1.82, 2.24) is 0 Å². The maximum absolute atomic E-state index is 13.5. The molecule has 20 heavy (non-hydrogen) atoms. The zero-order chi connectivity index (χ0) is 15.3. The molecule has 0 aromatic heterocycles. The molecule has 0 aliphatic heterocycles. The molecule has 1 unspecified atom stereocenters. The van der Waals surface area contributed by atoms with E-state index in [-0.39, 0.29) is 22.6 Å². The molecule has 0 heterocycles. The smallest absolute Gasteiger partial charge is 0.347 e. The van der Waals surface area contributed by atoms with Crippen molar-refractivity contribution >= 4 is 40.6 Å². The molecule has 1 atom stereocenters. The van der Waals surface area contributed by atoms with Crippen molar-refractivity contribution in [2.24, 2.45) is 4.99 Å². The molecular weight excluding hydrogens is 305 g/mol. The fraction of sp³-hybridized carbons (Fsp3) is 0.385. The van der Waals surface area contributed by atoms with E-state index in [1.807, 2.05) is 0 Å². The SMILES string of the molecule is CC(C)OC(=O)C(C)Oc1cc(N=C=S)c(F)cc1Cl. The van der Waals surface area contributed by atoms with Gasteiger partial charge in [-0.15, -0.1) is 0 Å². The van der Waals surface area contributed by atoms with Crippen molar-refractivity contribution in [3.63, 3.8) is 0 Å². The van der Waals surface area contributed by atoms with Crippen LogP contribution in [0.5, 0.6) is 5.75 Å². The first-order chi connectivity index (χ1) is 9.35. The molecule has 0 saturated carbocycles. The van der Waals surface area contributed by atoms with Crippen molar-refractivity contribution < 1.29 is 18.7 Å². The Morgan fingerprint density at radius 2 is 2.10 bits per heavy atom. The summed E-state index contributed by atoms with van der Waals surface area (Å²) in [6.45, 7) is 4.95. The first-order valence-electron chi connectivity index (χ1n) is 5.79. The van der Waals surface area contributed by atoms with Gasteiger partial charge in [0.25, 0.3) is 0 Å². The fourth-order valence-corrected chi connectivity index (χ4v) is 1.60. The highest BCUT2D eigenvalue weighted by Gasteiger charge is 2.20.